The minimum atomic E-state index is -0.615. The third kappa shape index (κ3) is 2.59. The third-order valence-corrected chi connectivity index (χ3v) is 4.95. The Morgan fingerprint density at radius 2 is 1.90 bits per heavy atom. The summed E-state index contributed by atoms with van der Waals surface area (Å²) in [4.78, 5) is 23.4. The summed E-state index contributed by atoms with van der Waals surface area (Å²) in [7, 11) is 0. The van der Waals surface area contributed by atoms with Crippen LogP contribution in [-0.2, 0) is 14.3 Å². The topological polar surface area (TPSA) is 52.6 Å². The highest BCUT2D eigenvalue weighted by Crippen LogP contribution is 2.45. The molecule has 106 valence electrons. The molecule has 0 spiro atoms. The van der Waals surface area contributed by atoms with Crippen molar-refractivity contribution in [3.8, 4) is 0 Å². The molecule has 4 nitrogen and oxygen atoms in total. The molecule has 1 aromatic rings. The number of rotatable bonds is 3. The molecule has 0 aliphatic carbocycles. The second kappa shape index (κ2) is 5.55. The SMILES string of the molecule is CCOC(=O)c1ccc(C2=C(I)C(C)(C)C(=O)O2)cc1. The van der Waals surface area contributed by atoms with Gasteiger partial charge in [-0.05, 0) is 55.5 Å². The van der Waals surface area contributed by atoms with Gasteiger partial charge in [0.05, 0.1) is 21.2 Å². The van der Waals surface area contributed by atoms with E-state index in [4.69, 9.17) is 9.47 Å². The Hall–Kier alpha value is -1.37. The number of hydrogen-bond donors (Lipinski definition) is 0. The Morgan fingerprint density at radius 3 is 2.35 bits per heavy atom. The van der Waals surface area contributed by atoms with Crippen molar-refractivity contribution in [1.29, 1.82) is 0 Å². The number of carbonyl (C=O) groups excluding carboxylic acids is 2. The van der Waals surface area contributed by atoms with Crippen LogP contribution in [0.15, 0.2) is 27.8 Å². The number of carbonyl (C=O) groups is 2. The number of esters is 2. The van der Waals surface area contributed by atoms with Crippen molar-refractivity contribution in [2.75, 3.05) is 6.61 Å². The van der Waals surface area contributed by atoms with Crippen LogP contribution in [0.25, 0.3) is 5.76 Å². The average Bonchev–Trinajstić information content (AvgIpc) is 2.63. The van der Waals surface area contributed by atoms with Crippen LogP contribution >= 0.6 is 22.6 Å². The summed E-state index contributed by atoms with van der Waals surface area (Å²) < 4.78 is 11.1. The third-order valence-electron chi connectivity index (χ3n) is 3.11. The second-order valence-corrected chi connectivity index (χ2v) is 6.03. The van der Waals surface area contributed by atoms with Gasteiger partial charge >= 0.3 is 11.9 Å². The molecule has 1 heterocycles. The molecule has 2 rings (SSSR count). The predicted molar refractivity (Wildman–Crippen MR) is 83.2 cm³/mol. The minimum absolute atomic E-state index is 0.258. The summed E-state index contributed by atoms with van der Waals surface area (Å²) in [5, 5.41) is 0. The molecule has 0 amide bonds. The summed E-state index contributed by atoms with van der Waals surface area (Å²) in [6.45, 7) is 5.77. The lowest BCUT2D eigenvalue weighted by Crippen LogP contribution is -2.19. The van der Waals surface area contributed by atoms with E-state index in [1.807, 2.05) is 13.8 Å². The zero-order chi connectivity index (χ0) is 14.9. The molecule has 0 saturated heterocycles. The standard InChI is InChI=1S/C15H15IO4/c1-4-19-13(17)10-7-5-9(6-8-10)11-12(16)15(2,3)14(18)20-11/h5-8H,4H2,1-3H3. The van der Waals surface area contributed by atoms with Crippen LogP contribution in [0.2, 0.25) is 0 Å². The van der Waals surface area contributed by atoms with E-state index in [1.54, 1.807) is 31.2 Å². The largest absolute Gasteiger partial charge is 0.462 e. The lowest BCUT2D eigenvalue weighted by molar-refractivity contribution is -0.141. The van der Waals surface area contributed by atoms with E-state index in [-0.39, 0.29) is 11.9 Å². The number of cyclic esters (lactones) is 1. The van der Waals surface area contributed by atoms with Crippen molar-refractivity contribution >= 4 is 40.3 Å². The molecular formula is C15H15IO4. The molecule has 1 aromatic carbocycles. The lowest BCUT2D eigenvalue weighted by atomic mass is 9.94. The Balaban J connectivity index is 2.30. The molecule has 0 bridgehead atoms. The fraction of sp³-hybridized carbons (Fsp3) is 0.333. The number of ether oxygens (including phenoxy) is 2. The minimum Gasteiger partial charge on any atom is -0.462 e. The molecule has 0 atom stereocenters. The molecule has 20 heavy (non-hydrogen) atoms. The Kier molecular flexibility index (Phi) is 4.17. The van der Waals surface area contributed by atoms with Gasteiger partial charge in [0, 0.05) is 5.56 Å². The molecule has 1 aliphatic rings. The van der Waals surface area contributed by atoms with Crippen molar-refractivity contribution in [3.05, 3.63) is 39.0 Å². The summed E-state index contributed by atoms with van der Waals surface area (Å²) >= 11 is 2.13. The van der Waals surface area contributed by atoms with Crippen molar-refractivity contribution in [2.45, 2.75) is 20.8 Å². The van der Waals surface area contributed by atoms with Crippen LogP contribution in [0.4, 0.5) is 0 Å². The van der Waals surface area contributed by atoms with Crippen molar-refractivity contribution in [1.82, 2.24) is 0 Å². The summed E-state index contributed by atoms with van der Waals surface area (Å²) in [5.74, 6) is -0.0474. The van der Waals surface area contributed by atoms with Gasteiger partial charge in [-0.1, -0.05) is 12.1 Å². The molecule has 0 fully saturated rings. The first-order valence-electron chi connectivity index (χ1n) is 6.28. The number of halogens is 1. The molecular weight excluding hydrogens is 371 g/mol. The van der Waals surface area contributed by atoms with Crippen molar-refractivity contribution < 1.29 is 19.1 Å². The highest BCUT2D eigenvalue weighted by Gasteiger charge is 2.42. The molecule has 0 unspecified atom stereocenters. The van der Waals surface area contributed by atoms with Gasteiger partial charge in [0.25, 0.3) is 0 Å². The zero-order valence-corrected chi connectivity index (χ0v) is 13.7. The summed E-state index contributed by atoms with van der Waals surface area (Å²) in [5.41, 5.74) is 0.645. The van der Waals surface area contributed by atoms with E-state index in [9.17, 15) is 9.59 Å². The fourth-order valence-corrected chi connectivity index (χ4v) is 2.44. The molecule has 5 heteroatoms. The second-order valence-electron chi connectivity index (χ2n) is 4.96. The first-order valence-corrected chi connectivity index (χ1v) is 7.36. The van der Waals surface area contributed by atoms with Crippen LogP contribution < -0.4 is 0 Å². The molecule has 0 aromatic heterocycles. The maximum atomic E-state index is 11.8. The highest BCUT2D eigenvalue weighted by molar-refractivity contribution is 14.1. The van der Waals surface area contributed by atoms with Crippen molar-refractivity contribution in [3.63, 3.8) is 0 Å². The van der Waals surface area contributed by atoms with Crippen LogP contribution in [0.1, 0.15) is 36.7 Å². The number of hydrogen-bond acceptors (Lipinski definition) is 4. The van der Waals surface area contributed by atoms with Crippen LogP contribution in [0, 0.1) is 5.41 Å². The summed E-state index contributed by atoms with van der Waals surface area (Å²) in [6, 6.07) is 6.86. The quantitative estimate of drug-likeness (QED) is 0.589. The summed E-state index contributed by atoms with van der Waals surface area (Å²) in [6.07, 6.45) is 0. The van der Waals surface area contributed by atoms with Gasteiger partial charge in [0.1, 0.15) is 5.76 Å². The lowest BCUT2D eigenvalue weighted by Gasteiger charge is -2.11. The smallest absolute Gasteiger partial charge is 0.338 e. The average molecular weight is 386 g/mol. The van der Waals surface area contributed by atoms with Crippen molar-refractivity contribution in [2.24, 2.45) is 5.41 Å². The van der Waals surface area contributed by atoms with Gasteiger partial charge in [-0.25, -0.2) is 4.79 Å². The van der Waals surface area contributed by atoms with E-state index in [0.717, 1.165) is 9.14 Å². The molecule has 0 saturated carbocycles. The van der Waals surface area contributed by atoms with Crippen LogP contribution in [0.3, 0.4) is 0 Å². The molecule has 0 radical (unpaired) electrons. The molecule has 1 aliphatic heterocycles. The monoisotopic (exact) mass is 386 g/mol. The Bertz CT molecular complexity index is 584. The normalized spacial score (nSPS) is 17.1. The van der Waals surface area contributed by atoms with E-state index in [0.29, 0.717) is 17.9 Å². The maximum absolute atomic E-state index is 11.8. The fourth-order valence-electron chi connectivity index (χ4n) is 1.80. The molecule has 0 N–H and O–H groups in total. The predicted octanol–water partition coefficient (Wildman–Crippen LogP) is 3.55. The van der Waals surface area contributed by atoms with E-state index < -0.39 is 5.41 Å². The van der Waals surface area contributed by atoms with E-state index >= 15 is 0 Å². The van der Waals surface area contributed by atoms with Gasteiger partial charge < -0.3 is 9.47 Å². The van der Waals surface area contributed by atoms with Gasteiger partial charge in [0.15, 0.2) is 0 Å². The Labute approximate surface area is 131 Å². The van der Waals surface area contributed by atoms with Crippen LogP contribution in [0.5, 0.6) is 0 Å². The first kappa shape index (κ1) is 15.0. The van der Waals surface area contributed by atoms with E-state index in [1.165, 1.54) is 0 Å². The van der Waals surface area contributed by atoms with Crippen LogP contribution in [-0.4, -0.2) is 18.5 Å². The Morgan fingerprint density at radius 1 is 1.30 bits per heavy atom. The van der Waals surface area contributed by atoms with Gasteiger partial charge in [-0.15, -0.1) is 0 Å². The number of benzene rings is 1. The first-order chi connectivity index (χ1) is 9.37. The maximum Gasteiger partial charge on any atom is 0.338 e. The van der Waals surface area contributed by atoms with E-state index in [2.05, 4.69) is 22.6 Å². The van der Waals surface area contributed by atoms with Gasteiger partial charge in [-0.2, -0.15) is 0 Å². The van der Waals surface area contributed by atoms with Gasteiger partial charge in [0.2, 0.25) is 0 Å². The highest BCUT2D eigenvalue weighted by atomic mass is 127. The zero-order valence-electron chi connectivity index (χ0n) is 11.5. The van der Waals surface area contributed by atoms with Gasteiger partial charge in [-0.3, -0.25) is 4.79 Å².